The molecule has 0 radical (unpaired) electrons. The van der Waals surface area contributed by atoms with Crippen molar-refractivity contribution in [3.63, 3.8) is 0 Å². The summed E-state index contributed by atoms with van der Waals surface area (Å²) in [6.45, 7) is 10.0. The van der Waals surface area contributed by atoms with Gasteiger partial charge < -0.3 is 44.0 Å². The zero-order valence-electron chi connectivity index (χ0n) is 40.6. The fourth-order valence-corrected chi connectivity index (χ4v) is 11.2. The standard InChI is InChI=1S/C54H63NO15/c1-8-9-10-20-27-40(59)68-44(42(34-21-14-11-15-22-34)55-48(61)35-23-16-12-17-24-35)50(63)67-37-29-54(64)47(69-49(62)36-25-18-13-19-26-36)45-52(7,38(58)28-39-53(45,30-65-39)70-33(4)57)46(60)43(66-32(3)56)41(31(37)2)51(54,5)6/h11-19,21-26,37-39,42-45,47,58,64H,8-10,20,27-30H2,1-7H3,(H,55,61)/t37-,38-,39+,42-,43+,44+,45?,47-,52+,53-,54+/m0/s1. The number of Topliss-reactive ketones (excluding diaryl/α,β-unsaturated/α-hetero) is 1. The maximum absolute atomic E-state index is 15.7. The zero-order chi connectivity index (χ0) is 50.8. The molecular formula is C54H63NO15. The third kappa shape index (κ3) is 9.52. The summed E-state index contributed by atoms with van der Waals surface area (Å²) in [6.07, 6.45) is -7.61. The fraction of sp³-hybridized carbons (Fsp3) is 0.500. The number of hydrogen-bond acceptors (Lipinski definition) is 15. The van der Waals surface area contributed by atoms with E-state index in [0.717, 1.165) is 33.1 Å². The molecule has 1 saturated heterocycles. The van der Waals surface area contributed by atoms with Gasteiger partial charge in [0.05, 0.1) is 29.6 Å². The van der Waals surface area contributed by atoms with Gasteiger partial charge in [-0.15, -0.1) is 0 Å². The van der Waals surface area contributed by atoms with E-state index in [4.69, 9.17) is 28.4 Å². The lowest BCUT2D eigenvalue weighted by Gasteiger charge is -2.67. The summed E-state index contributed by atoms with van der Waals surface area (Å²) in [6, 6.07) is 23.2. The second kappa shape index (κ2) is 20.6. The molecule has 3 fully saturated rings. The first-order chi connectivity index (χ1) is 33.2. The van der Waals surface area contributed by atoms with Gasteiger partial charge in [0, 0.05) is 44.1 Å². The van der Waals surface area contributed by atoms with Crippen LogP contribution in [0.25, 0.3) is 0 Å². The van der Waals surface area contributed by atoms with Gasteiger partial charge >= 0.3 is 29.8 Å². The van der Waals surface area contributed by atoms with E-state index < -0.39 is 119 Å². The summed E-state index contributed by atoms with van der Waals surface area (Å²) >= 11 is 0. The number of benzene rings is 3. The number of amides is 1. The highest BCUT2D eigenvalue weighted by atomic mass is 16.6. The van der Waals surface area contributed by atoms with Gasteiger partial charge in [-0.3, -0.25) is 24.0 Å². The van der Waals surface area contributed by atoms with Crippen LogP contribution in [-0.4, -0.2) is 106 Å². The monoisotopic (exact) mass is 965 g/mol. The largest absolute Gasteiger partial charge is 0.455 e. The molecule has 2 bridgehead atoms. The molecule has 1 amide bonds. The molecule has 16 nitrogen and oxygen atoms in total. The Kier molecular flexibility index (Phi) is 15.2. The number of carbonyl (C=O) groups is 7. The molecular weight excluding hydrogens is 903 g/mol. The summed E-state index contributed by atoms with van der Waals surface area (Å²) in [4.78, 5) is 99.4. The molecule has 70 heavy (non-hydrogen) atoms. The normalized spacial score (nSPS) is 29.5. The van der Waals surface area contributed by atoms with Crippen LogP contribution in [-0.2, 0) is 52.4 Å². The Morgan fingerprint density at radius 2 is 1.43 bits per heavy atom. The first-order valence-electron chi connectivity index (χ1n) is 23.9. The molecule has 16 heteroatoms. The number of aliphatic hydroxyl groups is 2. The number of ketones is 1. The summed E-state index contributed by atoms with van der Waals surface area (Å²) in [5, 5.41) is 29.0. The predicted molar refractivity (Wildman–Crippen MR) is 250 cm³/mol. The van der Waals surface area contributed by atoms with Gasteiger partial charge in [0.2, 0.25) is 6.10 Å². The molecule has 3 aromatic carbocycles. The second-order valence-electron chi connectivity index (χ2n) is 19.6. The summed E-state index contributed by atoms with van der Waals surface area (Å²) in [5.74, 6) is -7.56. The van der Waals surface area contributed by atoms with E-state index in [0.29, 0.717) is 12.0 Å². The van der Waals surface area contributed by atoms with Crippen LogP contribution in [0.1, 0.15) is 126 Å². The van der Waals surface area contributed by atoms with Crippen molar-refractivity contribution in [1.82, 2.24) is 5.32 Å². The van der Waals surface area contributed by atoms with Gasteiger partial charge in [-0.25, -0.2) is 9.59 Å². The first kappa shape index (κ1) is 51.6. The number of aliphatic hydroxyl groups excluding tert-OH is 1. The van der Waals surface area contributed by atoms with Crippen LogP contribution in [0.4, 0.5) is 0 Å². The zero-order valence-corrected chi connectivity index (χ0v) is 40.6. The summed E-state index contributed by atoms with van der Waals surface area (Å²) < 4.78 is 36.9. The van der Waals surface area contributed by atoms with E-state index in [2.05, 4.69) is 5.32 Å². The van der Waals surface area contributed by atoms with E-state index in [1.807, 2.05) is 6.92 Å². The van der Waals surface area contributed by atoms with Crippen molar-refractivity contribution in [3.05, 3.63) is 119 Å². The molecule has 0 aromatic heterocycles. The van der Waals surface area contributed by atoms with Crippen LogP contribution < -0.4 is 5.32 Å². The molecule has 0 spiro atoms. The Hall–Kier alpha value is -6.23. The number of rotatable bonds is 16. The molecule has 1 heterocycles. The average Bonchev–Trinajstić information content (AvgIpc) is 3.32. The Labute approximate surface area is 407 Å². The van der Waals surface area contributed by atoms with Gasteiger partial charge in [0.25, 0.3) is 5.91 Å². The fourth-order valence-electron chi connectivity index (χ4n) is 11.2. The molecule has 3 aromatic rings. The number of ether oxygens (including phenoxy) is 6. The highest BCUT2D eigenvalue weighted by molar-refractivity contribution is 5.96. The Morgan fingerprint density at radius 3 is 2.00 bits per heavy atom. The van der Waals surface area contributed by atoms with Crippen molar-refractivity contribution >= 4 is 41.5 Å². The molecule has 11 atom stereocenters. The van der Waals surface area contributed by atoms with Gasteiger partial charge in [-0.05, 0) is 61.2 Å². The van der Waals surface area contributed by atoms with E-state index >= 15 is 9.59 Å². The number of esters is 5. The van der Waals surface area contributed by atoms with E-state index in [1.165, 1.54) is 19.1 Å². The van der Waals surface area contributed by atoms with E-state index in [9.17, 15) is 34.2 Å². The quantitative estimate of drug-likeness (QED) is 0.0624. The summed E-state index contributed by atoms with van der Waals surface area (Å²) in [5.41, 5.74) is -7.16. The number of carbonyl (C=O) groups excluding carboxylic acids is 7. The molecule has 3 N–H and O–H groups in total. The number of fused-ring (bicyclic) bond motifs is 5. The Morgan fingerprint density at radius 1 is 0.814 bits per heavy atom. The SMILES string of the molecule is CCCCCCC(=O)O[C@@H](C(=O)O[C@H]1C[C@@]2(O)[C@@H](OC(=O)c3ccccc3)C3[C@](C)(C(=O)[C@H](OC(C)=O)C(=C1C)C2(C)C)[C@@H](O)C[C@H]1OC[C@@]31OC(C)=O)[C@@H](NC(=O)c1ccccc1)c1ccccc1. The minimum absolute atomic E-state index is 0.0122. The van der Waals surface area contributed by atoms with Gasteiger partial charge in [-0.2, -0.15) is 0 Å². The van der Waals surface area contributed by atoms with Gasteiger partial charge in [0.15, 0.2) is 17.5 Å². The lowest BCUT2D eigenvalue weighted by Crippen LogP contribution is -2.82. The van der Waals surface area contributed by atoms with Crippen LogP contribution in [0.2, 0.25) is 0 Å². The molecule has 374 valence electrons. The molecule has 4 aliphatic rings. The third-order valence-corrected chi connectivity index (χ3v) is 15.0. The summed E-state index contributed by atoms with van der Waals surface area (Å²) in [7, 11) is 0. The van der Waals surface area contributed by atoms with Crippen molar-refractivity contribution in [2.45, 2.75) is 147 Å². The second-order valence-corrected chi connectivity index (χ2v) is 19.6. The Balaban J connectivity index is 1.41. The molecule has 7 rings (SSSR count). The van der Waals surface area contributed by atoms with Crippen molar-refractivity contribution < 1.29 is 72.2 Å². The average molecular weight is 966 g/mol. The maximum atomic E-state index is 15.7. The molecule has 1 unspecified atom stereocenters. The van der Waals surface area contributed by atoms with E-state index in [-0.39, 0.29) is 41.7 Å². The smallest absolute Gasteiger partial charge is 0.350 e. The van der Waals surface area contributed by atoms with Gasteiger partial charge in [-0.1, -0.05) is 107 Å². The lowest BCUT2D eigenvalue weighted by molar-refractivity contribution is -0.346. The van der Waals surface area contributed by atoms with Crippen molar-refractivity contribution in [2.75, 3.05) is 6.61 Å². The van der Waals surface area contributed by atoms with Crippen LogP contribution in [0, 0.1) is 16.7 Å². The minimum Gasteiger partial charge on any atom is -0.455 e. The maximum Gasteiger partial charge on any atom is 0.350 e. The third-order valence-electron chi connectivity index (χ3n) is 15.0. The van der Waals surface area contributed by atoms with Crippen molar-refractivity contribution in [3.8, 4) is 0 Å². The lowest BCUT2D eigenvalue weighted by atomic mass is 9.44. The van der Waals surface area contributed by atoms with Crippen LogP contribution in [0.5, 0.6) is 0 Å². The minimum atomic E-state index is -2.43. The number of unbranched alkanes of at least 4 members (excludes halogenated alkanes) is 3. The predicted octanol–water partition coefficient (Wildman–Crippen LogP) is 6.26. The topological polar surface area (TPSA) is 227 Å². The molecule has 2 saturated carbocycles. The van der Waals surface area contributed by atoms with E-state index in [1.54, 1.807) is 99.6 Å². The van der Waals surface area contributed by atoms with Crippen LogP contribution >= 0.6 is 0 Å². The van der Waals surface area contributed by atoms with Crippen LogP contribution in [0.3, 0.4) is 0 Å². The van der Waals surface area contributed by atoms with Crippen molar-refractivity contribution in [2.24, 2.45) is 16.7 Å². The molecule has 3 aliphatic carbocycles. The molecule has 1 aliphatic heterocycles. The first-order valence-corrected chi connectivity index (χ1v) is 23.9. The Bertz CT molecular complexity index is 2490. The number of hydrogen-bond donors (Lipinski definition) is 3. The van der Waals surface area contributed by atoms with Crippen LogP contribution in [0.15, 0.2) is 102 Å². The van der Waals surface area contributed by atoms with Gasteiger partial charge in [0.1, 0.15) is 30.0 Å². The highest BCUT2D eigenvalue weighted by Crippen LogP contribution is 2.64. The highest BCUT2D eigenvalue weighted by Gasteiger charge is 2.78. The van der Waals surface area contributed by atoms with Crippen molar-refractivity contribution in [1.29, 1.82) is 0 Å². The number of nitrogens with one attached hydrogen (secondary N) is 1.